The molecule has 0 saturated heterocycles. The number of halogens is 1. The van der Waals surface area contributed by atoms with E-state index in [9.17, 15) is 20.6 Å². The molecule has 0 bridgehead atoms. The maximum absolute atomic E-state index is 12.7. The van der Waals surface area contributed by atoms with Crippen molar-refractivity contribution in [1.29, 1.82) is 15.8 Å². The Balaban J connectivity index is 2.18. The Morgan fingerprint density at radius 2 is 1.84 bits per heavy atom. The second kappa shape index (κ2) is 8.10. The molecular weight excluding hydrogens is 458 g/mol. The van der Waals surface area contributed by atoms with E-state index in [2.05, 4.69) is 34.1 Å². The minimum atomic E-state index is -1.74. The van der Waals surface area contributed by atoms with Gasteiger partial charge in [0, 0.05) is 29.4 Å². The highest BCUT2D eigenvalue weighted by Crippen LogP contribution is 2.54. The lowest BCUT2D eigenvalue weighted by molar-refractivity contribution is 0.0224. The van der Waals surface area contributed by atoms with Crippen molar-refractivity contribution in [3.05, 3.63) is 57.2 Å². The molecule has 0 saturated carbocycles. The van der Waals surface area contributed by atoms with Gasteiger partial charge in [0.2, 0.25) is 0 Å². The topological polar surface area (TPSA) is 127 Å². The predicted octanol–water partition coefficient (Wildman–Crippen LogP) is 4.11. The smallest absolute Gasteiger partial charge is 0.410 e. The first-order valence-electron chi connectivity index (χ1n) is 9.74. The van der Waals surface area contributed by atoms with Gasteiger partial charge in [-0.25, -0.2) is 4.79 Å². The van der Waals surface area contributed by atoms with Crippen LogP contribution < -0.4 is 5.73 Å². The number of amides is 1. The van der Waals surface area contributed by atoms with Gasteiger partial charge in [0.15, 0.2) is 5.41 Å². The number of hydrogen-bond acceptors (Lipinski definition) is 6. The Morgan fingerprint density at radius 1 is 1.23 bits per heavy atom. The summed E-state index contributed by atoms with van der Waals surface area (Å²) in [6.07, 6.45) is 1.28. The minimum absolute atomic E-state index is 0.0406. The van der Waals surface area contributed by atoms with Crippen molar-refractivity contribution in [1.82, 2.24) is 4.90 Å². The van der Waals surface area contributed by atoms with Gasteiger partial charge in [-0.3, -0.25) is 0 Å². The number of nitriles is 3. The molecule has 2 N–H and O–H groups in total. The van der Waals surface area contributed by atoms with Crippen LogP contribution in [0.5, 0.6) is 0 Å². The summed E-state index contributed by atoms with van der Waals surface area (Å²) in [5, 5.41) is 30.0. The van der Waals surface area contributed by atoms with Crippen LogP contribution in [0.2, 0.25) is 0 Å². The molecule has 0 fully saturated rings. The molecule has 158 valence electrons. The Kier molecular flexibility index (Phi) is 5.85. The molecule has 0 spiro atoms. The van der Waals surface area contributed by atoms with E-state index in [4.69, 9.17) is 10.5 Å². The molecule has 2 atom stereocenters. The zero-order chi connectivity index (χ0) is 23.0. The van der Waals surface area contributed by atoms with Gasteiger partial charge >= 0.3 is 6.09 Å². The van der Waals surface area contributed by atoms with Crippen LogP contribution in [-0.4, -0.2) is 29.7 Å². The third-order valence-electron chi connectivity index (χ3n) is 5.55. The van der Waals surface area contributed by atoms with Gasteiger partial charge in [-0.05, 0) is 44.0 Å². The van der Waals surface area contributed by atoms with Gasteiger partial charge in [0.25, 0.3) is 0 Å². The van der Waals surface area contributed by atoms with Crippen molar-refractivity contribution in [2.45, 2.75) is 32.3 Å². The number of nitrogens with zero attached hydrogens (tertiary/aromatic N) is 4. The Hall–Kier alpha value is -3.28. The van der Waals surface area contributed by atoms with E-state index < -0.39 is 28.9 Å². The Labute approximate surface area is 190 Å². The summed E-state index contributed by atoms with van der Waals surface area (Å²) < 4.78 is 6.36. The molecule has 1 aliphatic carbocycles. The molecule has 3 rings (SSSR count). The molecule has 8 heteroatoms. The molecule has 31 heavy (non-hydrogen) atoms. The number of benzene rings is 1. The zero-order valence-corrected chi connectivity index (χ0v) is 19.1. The molecule has 1 heterocycles. The fraction of sp³-hybridized carbons (Fsp3) is 0.391. The largest absolute Gasteiger partial charge is 0.444 e. The predicted molar refractivity (Wildman–Crippen MR) is 117 cm³/mol. The number of ether oxygens (including phenoxy) is 1. The van der Waals surface area contributed by atoms with Gasteiger partial charge in [0.05, 0.1) is 23.4 Å². The average Bonchev–Trinajstić information content (AvgIpc) is 2.72. The van der Waals surface area contributed by atoms with Crippen molar-refractivity contribution in [2.24, 2.45) is 17.1 Å². The van der Waals surface area contributed by atoms with Crippen LogP contribution >= 0.6 is 15.9 Å². The highest BCUT2D eigenvalue weighted by Gasteiger charge is 2.54. The molecular formula is C23H22BrN5O2. The first kappa shape index (κ1) is 22.4. The number of carbonyl (C=O) groups excluding carboxylic acids is 1. The van der Waals surface area contributed by atoms with Crippen LogP contribution in [0, 0.1) is 45.3 Å². The summed E-state index contributed by atoms with van der Waals surface area (Å²) in [5.74, 6) is -1.13. The lowest BCUT2D eigenvalue weighted by Gasteiger charge is -2.45. The summed E-state index contributed by atoms with van der Waals surface area (Å²) in [5.41, 5.74) is 5.38. The van der Waals surface area contributed by atoms with Crippen LogP contribution in [0.25, 0.3) is 0 Å². The molecule has 0 aromatic heterocycles. The summed E-state index contributed by atoms with van der Waals surface area (Å²) in [6.45, 7) is 5.81. The number of carbonyl (C=O) groups is 1. The molecule has 7 nitrogen and oxygen atoms in total. The molecule has 2 aliphatic rings. The first-order chi connectivity index (χ1) is 14.6. The summed E-state index contributed by atoms with van der Waals surface area (Å²) in [4.78, 5) is 14.3. The fourth-order valence-electron chi connectivity index (χ4n) is 4.20. The van der Waals surface area contributed by atoms with Crippen molar-refractivity contribution in [2.75, 3.05) is 13.1 Å². The minimum Gasteiger partial charge on any atom is -0.444 e. The second-order valence-corrected chi connectivity index (χ2v) is 9.53. The van der Waals surface area contributed by atoms with Gasteiger partial charge in [-0.1, -0.05) is 34.1 Å². The number of nitrogens with two attached hydrogens (primary N) is 1. The van der Waals surface area contributed by atoms with Crippen molar-refractivity contribution < 1.29 is 9.53 Å². The standard InChI is InChI=1S/C23H22BrN5O2/c1-22(2,3)31-21(30)29-9-8-16-17(10-25)20(28)23(12-26,13-27)19(18(16)11-29)14-4-6-15(24)7-5-14/h4-8,18-19H,9,11,28H2,1-3H3/t18-,19+/m1/s1. The van der Waals surface area contributed by atoms with Gasteiger partial charge < -0.3 is 15.4 Å². The van der Waals surface area contributed by atoms with E-state index in [0.29, 0.717) is 5.57 Å². The second-order valence-electron chi connectivity index (χ2n) is 8.61. The Bertz CT molecular complexity index is 1080. The van der Waals surface area contributed by atoms with E-state index in [-0.39, 0.29) is 24.4 Å². The summed E-state index contributed by atoms with van der Waals surface area (Å²) in [6, 6.07) is 13.6. The zero-order valence-electron chi connectivity index (χ0n) is 17.5. The van der Waals surface area contributed by atoms with Gasteiger partial charge in [0.1, 0.15) is 11.7 Å². The monoisotopic (exact) mass is 479 g/mol. The first-order valence-corrected chi connectivity index (χ1v) is 10.5. The van der Waals surface area contributed by atoms with Gasteiger partial charge in [-0.2, -0.15) is 15.8 Å². The number of rotatable bonds is 1. The SMILES string of the molecule is CC(C)(C)OC(=O)N1CC=C2C(C#N)=C(N)C(C#N)(C#N)[C@@H](c3ccc(Br)cc3)[C@@H]2C1. The third kappa shape index (κ3) is 3.90. The van der Waals surface area contributed by atoms with E-state index in [1.54, 1.807) is 26.8 Å². The molecule has 0 radical (unpaired) electrons. The van der Waals surface area contributed by atoms with E-state index in [0.717, 1.165) is 10.0 Å². The molecule has 1 aromatic carbocycles. The van der Waals surface area contributed by atoms with Crippen LogP contribution in [0.3, 0.4) is 0 Å². The third-order valence-corrected chi connectivity index (χ3v) is 6.07. The highest BCUT2D eigenvalue weighted by molar-refractivity contribution is 9.10. The van der Waals surface area contributed by atoms with Crippen molar-refractivity contribution in [3.63, 3.8) is 0 Å². The Morgan fingerprint density at radius 3 is 2.35 bits per heavy atom. The summed E-state index contributed by atoms with van der Waals surface area (Å²) in [7, 11) is 0. The lowest BCUT2D eigenvalue weighted by Crippen LogP contribution is -2.50. The molecule has 1 aromatic rings. The van der Waals surface area contributed by atoms with Gasteiger partial charge in [-0.15, -0.1) is 0 Å². The normalized spacial score (nSPS) is 22.4. The lowest BCUT2D eigenvalue weighted by atomic mass is 9.58. The van der Waals surface area contributed by atoms with Crippen molar-refractivity contribution in [3.8, 4) is 18.2 Å². The van der Waals surface area contributed by atoms with E-state index in [1.807, 2.05) is 24.3 Å². The molecule has 1 aliphatic heterocycles. The van der Waals surface area contributed by atoms with E-state index in [1.165, 1.54) is 4.90 Å². The maximum Gasteiger partial charge on any atom is 0.410 e. The maximum atomic E-state index is 12.7. The molecule has 0 unspecified atom stereocenters. The average molecular weight is 480 g/mol. The highest BCUT2D eigenvalue weighted by atomic mass is 79.9. The summed E-state index contributed by atoms with van der Waals surface area (Å²) >= 11 is 3.40. The van der Waals surface area contributed by atoms with Crippen molar-refractivity contribution >= 4 is 22.0 Å². The van der Waals surface area contributed by atoms with Crippen LogP contribution in [0.4, 0.5) is 4.79 Å². The van der Waals surface area contributed by atoms with Crippen LogP contribution in [0.1, 0.15) is 32.3 Å². The van der Waals surface area contributed by atoms with Crippen LogP contribution in [-0.2, 0) is 4.74 Å². The molecule has 1 amide bonds. The number of allylic oxidation sites excluding steroid dienone is 2. The fourth-order valence-corrected chi connectivity index (χ4v) is 4.47. The van der Waals surface area contributed by atoms with E-state index >= 15 is 0 Å². The quantitative estimate of drug-likeness (QED) is 0.645. The number of hydrogen-bond donors (Lipinski definition) is 1. The van der Waals surface area contributed by atoms with Crippen LogP contribution in [0.15, 0.2) is 51.7 Å². The number of fused-ring (bicyclic) bond motifs is 1.